The van der Waals surface area contributed by atoms with Crippen LogP contribution in [0.15, 0.2) is 33.2 Å². The van der Waals surface area contributed by atoms with Crippen LogP contribution in [0.4, 0.5) is 5.69 Å². The predicted molar refractivity (Wildman–Crippen MR) is 140 cm³/mol. The molecule has 2 aliphatic heterocycles. The number of hydrogen-bond acceptors (Lipinski definition) is 6. The number of anilines is 1. The molecule has 0 aromatic heterocycles. The third-order valence-electron chi connectivity index (χ3n) is 6.51. The molecule has 1 fully saturated rings. The summed E-state index contributed by atoms with van der Waals surface area (Å²) in [6.45, 7) is 5.14. The van der Waals surface area contributed by atoms with Crippen LogP contribution in [-0.2, 0) is 6.54 Å². The first-order valence-electron chi connectivity index (χ1n) is 11.5. The van der Waals surface area contributed by atoms with E-state index in [0.29, 0.717) is 36.3 Å². The van der Waals surface area contributed by atoms with Gasteiger partial charge in [-0.15, -0.1) is 0 Å². The minimum absolute atomic E-state index is 0.0855. The maximum Gasteiger partial charge on any atom is 0.254 e. The van der Waals surface area contributed by atoms with E-state index in [2.05, 4.69) is 36.8 Å². The van der Waals surface area contributed by atoms with E-state index in [0.717, 1.165) is 71.3 Å². The van der Waals surface area contributed by atoms with E-state index in [1.807, 2.05) is 29.2 Å². The third kappa shape index (κ3) is 5.63. The largest absolute Gasteiger partial charge is 0.493 e. The SMILES string of the molecule is COc1cc2c(cc1OC)C(=O)N(CC1CCCN(CCCOc3cc(Br)c(N)c(Br)c3)C1)C2. The molecule has 2 aromatic carbocycles. The van der Waals surface area contributed by atoms with E-state index in [9.17, 15) is 4.79 Å². The van der Waals surface area contributed by atoms with Crippen LogP contribution in [0.2, 0.25) is 0 Å². The van der Waals surface area contributed by atoms with Crippen molar-refractivity contribution in [3.05, 3.63) is 44.3 Å². The highest BCUT2D eigenvalue weighted by molar-refractivity contribution is 9.11. The maximum atomic E-state index is 13.0. The first-order chi connectivity index (χ1) is 16.4. The number of nitrogens with zero attached hydrogens (tertiary/aromatic N) is 2. The monoisotopic (exact) mass is 595 g/mol. The maximum absolute atomic E-state index is 13.0. The van der Waals surface area contributed by atoms with Gasteiger partial charge in [-0.1, -0.05) is 0 Å². The number of likely N-dealkylation sites (tertiary alicyclic amines) is 1. The first-order valence-corrected chi connectivity index (χ1v) is 13.1. The van der Waals surface area contributed by atoms with Crippen LogP contribution in [0, 0.1) is 5.92 Å². The van der Waals surface area contributed by atoms with E-state index in [4.69, 9.17) is 19.9 Å². The van der Waals surface area contributed by atoms with Crippen molar-refractivity contribution in [1.29, 1.82) is 0 Å². The molecule has 9 heteroatoms. The second-order valence-corrected chi connectivity index (χ2v) is 10.6. The molecule has 4 rings (SSSR count). The van der Waals surface area contributed by atoms with E-state index in [1.165, 1.54) is 0 Å². The summed E-state index contributed by atoms with van der Waals surface area (Å²) in [6, 6.07) is 7.53. The van der Waals surface area contributed by atoms with Crippen LogP contribution in [-0.4, -0.2) is 62.7 Å². The molecule has 0 spiro atoms. The Morgan fingerprint density at radius 3 is 2.50 bits per heavy atom. The van der Waals surface area contributed by atoms with E-state index >= 15 is 0 Å². The lowest BCUT2D eigenvalue weighted by Gasteiger charge is -2.34. The highest BCUT2D eigenvalue weighted by atomic mass is 79.9. The van der Waals surface area contributed by atoms with Gasteiger partial charge in [-0.2, -0.15) is 0 Å². The van der Waals surface area contributed by atoms with Crippen molar-refractivity contribution >= 4 is 43.5 Å². The third-order valence-corrected chi connectivity index (χ3v) is 7.82. The molecular weight excluding hydrogens is 566 g/mol. The molecule has 2 aromatic rings. The van der Waals surface area contributed by atoms with Gasteiger partial charge in [0.25, 0.3) is 5.91 Å². The molecule has 2 aliphatic rings. The number of amides is 1. The van der Waals surface area contributed by atoms with E-state index in [1.54, 1.807) is 14.2 Å². The van der Waals surface area contributed by atoms with Crippen LogP contribution in [0.5, 0.6) is 17.2 Å². The quantitative estimate of drug-likeness (QED) is 0.326. The van der Waals surface area contributed by atoms with Crippen LogP contribution in [0.1, 0.15) is 35.2 Å². The summed E-state index contributed by atoms with van der Waals surface area (Å²) in [5.74, 6) is 2.62. The standard InChI is InChI=1S/C25H31Br2N3O4/c1-32-22-9-17-15-30(25(31)19(17)12-23(22)33-2)14-16-5-3-6-29(13-16)7-4-8-34-18-10-20(26)24(28)21(27)11-18/h9-12,16H,3-8,13-15,28H2,1-2H3. The Balaban J connectivity index is 1.26. The Morgan fingerprint density at radius 2 is 1.79 bits per heavy atom. The van der Waals surface area contributed by atoms with Gasteiger partial charge >= 0.3 is 0 Å². The van der Waals surface area contributed by atoms with Gasteiger partial charge in [0.2, 0.25) is 0 Å². The number of methoxy groups -OCH3 is 2. The number of fused-ring (bicyclic) bond motifs is 1. The predicted octanol–water partition coefficient (Wildman–Crippen LogP) is 4.95. The fourth-order valence-corrected chi connectivity index (χ4v) is 5.93. The number of ether oxygens (including phenoxy) is 3. The Bertz CT molecular complexity index is 1030. The summed E-state index contributed by atoms with van der Waals surface area (Å²) in [6.07, 6.45) is 3.24. The topological polar surface area (TPSA) is 77.3 Å². The first kappa shape index (κ1) is 25.1. The number of hydrogen-bond donors (Lipinski definition) is 1. The van der Waals surface area contributed by atoms with Gasteiger partial charge in [0.1, 0.15) is 5.75 Å². The fourth-order valence-electron chi connectivity index (χ4n) is 4.78. The highest BCUT2D eigenvalue weighted by Gasteiger charge is 2.32. The molecule has 1 unspecified atom stereocenters. The van der Waals surface area contributed by atoms with E-state index < -0.39 is 0 Å². The number of nitrogens with two attached hydrogens (primary N) is 1. The summed E-state index contributed by atoms with van der Waals surface area (Å²) in [5, 5.41) is 0. The summed E-state index contributed by atoms with van der Waals surface area (Å²) in [4.78, 5) is 17.5. The normalized spacial score (nSPS) is 18.2. The molecule has 0 bridgehead atoms. The van der Waals surface area contributed by atoms with Crippen molar-refractivity contribution in [2.75, 3.05) is 52.7 Å². The molecule has 34 heavy (non-hydrogen) atoms. The van der Waals surface area contributed by atoms with Crippen LogP contribution >= 0.6 is 31.9 Å². The van der Waals surface area contributed by atoms with Gasteiger partial charge in [-0.3, -0.25) is 4.79 Å². The zero-order valence-corrected chi connectivity index (χ0v) is 22.8. The van der Waals surface area contributed by atoms with E-state index in [-0.39, 0.29) is 5.91 Å². The van der Waals surface area contributed by atoms with Gasteiger partial charge in [0, 0.05) is 40.7 Å². The molecule has 1 amide bonds. The number of rotatable bonds is 9. The van der Waals surface area contributed by atoms with Crippen molar-refractivity contribution in [1.82, 2.24) is 9.80 Å². The van der Waals surface area contributed by atoms with Crippen molar-refractivity contribution in [2.24, 2.45) is 5.92 Å². The Hall–Kier alpha value is -1.97. The lowest BCUT2D eigenvalue weighted by Crippen LogP contribution is -2.41. The Morgan fingerprint density at radius 1 is 1.09 bits per heavy atom. The Labute approximate surface area is 217 Å². The van der Waals surface area contributed by atoms with Crippen molar-refractivity contribution < 1.29 is 19.0 Å². The number of carbonyl (C=O) groups excluding carboxylic acids is 1. The minimum atomic E-state index is 0.0855. The second kappa shape index (κ2) is 11.2. The molecule has 0 saturated carbocycles. The number of halogens is 2. The van der Waals surface area contributed by atoms with Gasteiger partial charge in [0.05, 0.1) is 26.5 Å². The van der Waals surface area contributed by atoms with Gasteiger partial charge in [-0.05, 0) is 93.4 Å². The summed E-state index contributed by atoms with van der Waals surface area (Å²) < 4.78 is 18.4. The second-order valence-electron chi connectivity index (χ2n) is 8.86. The molecule has 7 nitrogen and oxygen atoms in total. The van der Waals surface area contributed by atoms with Crippen molar-refractivity contribution in [3.63, 3.8) is 0 Å². The molecule has 2 N–H and O–H groups in total. The number of benzene rings is 2. The summed E-state index contributed by atoms with van der Waals surface area (Å²) in [7, 11) is 3.21. The van der Waals surface area contributed by atoms with Crippen molar-refractivity contribution in [3.8, 4) is 17.2 Å². The molecule has 1 saturated heterocycles. The summed E-state index contributed by atoms with van der Waals surface area (Å²) >= 11 is 6.91. The molecular formula is C25H31Br2N3O4. The zero-order valence-electron chi connectivity index (χ0n) is 19.6. The minimum Gasteiger partial charge on any atom is -0.493 e. The average Bonchev–Trinajstić information content (AvgIpc) is 3.13. The van der Waals surface area contributed by atoms with Gasteiger partial charge in [-0.25, -0.2) is 0 Å². The molecule has 184 valence electrons. The van der Waals surface area contributed by atoms with Crippen LogP contribution in [0.25, 0.3) is 0 Å². The lowest BCUT2D eigenvalue weighted by atomic mass is 9.97. The highest BCUT2D eigenvalue weighted by Crippen LogP contribution is 2.36. The van der Waals surface area contributed by atoms with Crippen LogP contribution < -0.4 is 19.9 Å². The smallest absolute Gasteiger partial charge is 0.254 e. The molecule has 0 aliphatic carbocycles. The summed E-state index contributed by atoms with van der Waals surface area (Å²) in [5.41, 5.74) is 8.35. The molecule has 2 heterocycles. The average molecular weight is 597 g/mol. The molecule has 0 radical (unpaired) electrons. The fraction of sp³-hybridized carbons (Fsp3) is 0.480. The number of piperidine rings is 1. The van der Waals surface area contributed by atoms with Gasteiger partial charge < -0.3 is 29.7 Å². The number of carbonyl (C=O) groups is 1. The number of nitrogen functional groups attached to an aromatic ring is 1. The zero-order chi connectivity index (χ0) is 24.2. The Kier molecular flexibility index (Phi) is 8.26. The van der Waals surface area contributed by atoms with Crippen LogP contribution in [0.3, 0.4) is 0 Å². The van der Waals surface area contributed by atoms with Gasteiger partial charge in [0.15, 0.2) is 11.5 Å². The lowest BCUT2D eigenvalue weighted by molar-refractivity contribution is 0.0699. The van der Waals surface area contributed by atoms with Crippen molar-refractivity contribution in [2.45, 2.75) is 25.8 Å². The molecule has 1 atom stereocenters.